The Morgan fingerprint density at radius 1 is 1.50 bits per heavy atom. The monoisotopic (exact) mass is 216 g/mol. The maximum Gasteiger partial charge on any atom is 0.186 e. The lowest BCUT2D eigenvalue weighted by atomic mass is 10.1. The van der Waals surface area contributed by atoms with Gasteiger partial charge in [0.1, 0.15) is 5.75 Å². The fourth-order valence-corrected chi connectivity index (χ4v) is 1.75. The van der Waals surface area contributed by atoms with Crippen molar-refractivity contribution in [2.24, 2.45) is 0 Å². The van der Waals surface area contributed by atoms with E-state index in [2.05, 4.69) is 0 Å². The number of ether oxygens (including phenoxy) is 1. The molecule has 0 aliphatic carbocycles. The van der Waals surface area contributed by atoms with Crippen LogP contribution >= 0.6 is 0 Å². The SMILES string of the molecule is COc1ccc(S(=O)O)c(C(C)O)c1. The molecule has 0 radical (unpaired) electrons. The van der Waals surface area contributed by atoms with Crippen molar-refractivity contribution in [1.82, 2.24) is 0 Å². The molecule has 2 unspecified atom stereocenters. The molecule has 2 atom stereocenters. The molecular formula is C9H12O4S. The van der Waals surface area contributed by atoms with Gasteiger partial charge in [-0.3, -0.25) is 0 Å². The summed E-state index contributed by atoms with van der Waals surface area (Å²) in [6.45, 7) is 1.53. The second-order valence-corrected chi connectivity index (χ2v) is 3.77. The number of rotatable bonds is 3. The number of benzene rings is 1. The fraction of sp³-hybridized carbons (Fsp3) is 0.333. The van der Waals surface area contributed by atoms with E-state index in [0.717, 1.165) is 0 Å². The highest BCUT2D eigenvalue weighted by atomic mass is 32.2. The van der Waals surface area contributed by atoms with Crippen molar-refractivity contribution in [3.8, 4) is 5.75 Å². The summed E-state index contributed by atoms with van der Waals surface area (Å²) in [5, 5.41) is 9.37. The van der Waals surface area contributed by atoms with Crippen molar-refractivity contribution >= 4 is 11.1 Å². The lowest BCUT2D eigenvalue weighted by Crippen LogP contribution is -2.01. The van der Waals surface area contributed by atoms with Gasteiger partial charge in [0.25, 0.3) is 0 Å². The molecular weight excluding hydrogens is 204 g/mol. The van der Waals surface area contributed by atoms with Crippen molar-refractivity contribution < 1.29 is 18.6 Å². The first-order valence-corrected chi connectivity index (χ1v) is 5.13. The highest BCUT2D eigenvalue weighted by molar-refractivity contribution is 7.79. The molecule has 0 bridgehead atoms. The quantitative estimate of drug-likeness (QED) is 0.748. The van der Waals surface area contributed by atoms with Crippen LogP contribution in [0.15, 0.2) is 23.1 Å². The van der Waals surface area contributed by atoms with Crippen LogP contribution in [0, 0.1) is 0 Å². The maximum atomic E-state index is 10.9. The van der Waals surface area contributed by atoms with Crippen molar-refractivity contribution in [3.05, 3.63) is 23.8 Å². The molecule has 4 nitrogen and oxygen atoms in total. The molecule has 0 aliphatic heterocycles. The summed E-state index contributed by atoms with van der Waals surface area (Å²) in [4.78, 5) is 0.209. The molecule has 0 spiro atoms. The Bertz CT molecular complexity index is 349. The van der Waals surface area contributed by atoms with Crippen LogP contribution in [-0.2, 0) is 11.1 Å². The molecule has 0 aliphatic rings. The zero-order chi connectivity index (χ0) is 10.7. The Kier molecular flexibility index (Phi) is 3.62. The van der Waals surface area contributed by atoms with Crippen molar-refractivity contribution in [2.45, 2.75) is 17.9 Å². The van der Waals surface area contributed by atoms with Gasteiger partial charge < -0.3 is 14.4 Å². The summed E-state index contributed by atoms with van der Waals surface area (Å²) in [5.74, 6) is 0.551. The molecule has 14 heavy (non-hydrogen) atoms. The average Bonchev–Trinajstić information content (AvgIpc) is 2.16. The summed E-state index contributed by atoms with van der Waals surface area (Å²) < 4.78 is 24.8. The summed E-state index contributed by atoms with van der Waals surface area (Å²) >= 11 is -2.09. The van der Waals surface area contributed by atoms with Crippen LogP contribution in [0.25, 0.3) is 0 Å². The molecule has 0 heterocycles. The van der Waals surface area contributed by atoms with Gasteiger partial charge in [0.05, 0.1) is 18.1 Å². The maximum absolute atomic E-state index is 10.9. The minimum atomic E-state index is -2.09. The predicted molar refractivity (Wildman–Crippen MR) is 52.7 cm³/mol. The Morgan fingerprint density at radius 3 is 2.57 bits per heavy atom. The van der Waals surface area contributed by atoms with Crippen LogP contribution in [0.4, 0.5) is 0 Å². The Hall–Kier alpha value is -0.910. The molecule has 0 saturated heterocycles. The number of methoxy groups -OCH3 is 1. The summed E-state index contributed by atoms with van der Waals surface area (Å²) in [5.41, 5.74) is 0.408. The van der Waals surface area contributed by atoms with Crippen LogP contribution in [0.3, 0.4) is 0 Å². The van der Waals surface area contributed by atoms with Crippen LogP contribution in [0.5, 0.6) is 5.75 Å². The number of hydrogen-bond acceptors (Lipinski definition) is 3. The molecule has 0 aromatic heterocycles. The van der Waals surface area contributed by atoms with Gasteiger partial charge in [-0.15, -0.1) is 0 Å². The second-order valence-electron chi connectivity index (χ2n) is 2.83. The van der Waals surface area contributed by atoms with E-state index in [0.29, 0.717) is 11.3 Å². The highest BCUT2D eigenvalue weighted by Gasteiger charge is 2.13. The van der Waals surface area contributed by atoms with Gasteiger partial charge >= 0.3 is 0 Å². The second kappa shape index (κ2) is 4.54. The number of aliphatic hydroxyl groups excluding tert-OH is 1. The minimum absolute atomic E-state index is 0.209. The highest BCUT2D eigenvalue weighted by Crippen LogP contribution is 2.25. The van der Waals surface area contributed by atoms with Gasteiger partial charge in [-0.25, -0.2) is 4.21 Å². The van der Waals surface area contributed by atoms with Crippen LogP contribution < -0.4 is 4.74 Å². The van der Waals surface area contributed by atoms with Crippen LogP contribution in [0.1, 0.15) is 18.6 Å². The predicted octanol–water partition coefficient (Wildman–Crippen LogP) is 1.33. The molecule has 0 fully saturated rings. The Morgan fingerprint density at radius 2 is 2.14 bits per heavy atom. The van der Waals surface area contributed by atoms with Crippen molar-refractivity contribution in [1.29, 1.82) is 0 Å². The smallest absolute Gasteiger partial charge is 0.186 e. The fourth-order valence-electron chi connectivity index (χ4n) is 1.14. The lowest BCUT2D eigenvalue weighted by Gasteiger charge is -2.10. The van der Waals surface area contributed by atoms with Crippen LogP contribution in [0.2, 0.25) is 0 Å². The Balaban J connectivity index is 3.24. The van der Waals surface area contributed by atoms with E-state index in [1.165, 1.54) is 20.1 Å². The molecule has 78 valence electrons. The first kappa shape index (κ1) is 11.2. The van der Waals surface area contributed by atoms with Gasteiger partial charge in [-0.2, -0.15) is 0 Å². The van der Waals surface area contributed by atoms with Gasteiger partial charge in [0.2, 0.25) is 0 Å². The Labute approximate surface area is 84.8 Å². The van der Waals surface area contributed by atoms with Gasteiger partial charge in [-0.1, -0.05) is 0 Å². The van der Waals surface area contributed by atoms with E-state index in [1.807, 2.05) is 0 Å². The molecule has 1 rings (SSSR count). The van der Waals surface area contributed by atoms with Crippen molar-refractivity contribution in [3.63, 3.8) is 0 Å². The van der Waals surface area contributed by atoms with Gasteiger partial charge in [0, 0.05) is 5.56 Å². The molecule has 1 aromatic rings. The number of aliphatic hydroxyl groups is 1. The van der Waals surface area contributed by atoms with E-state index in [9.17, 15) is 9.32 Å². The van der Waals surface area contributed by atoms with E-state index in [-0.39, 0.29) is 4.90 Å². The lowest BCUT2D eigenvalue weighted by molar-refractivity contribution is 0.195. The summed E-state index contributed by atoms with van der Waals surface area (Å²) in [6, 6.07) is 4.60. The zero-order valence-electron chi connectivity index (χ0n) is 7.93. The molecule has 0 amide bonds. The normalized spacial score (nSPS) is 14.9. The molecule has 1 aromatic carbocycles. The third-order valence-corrected chi connectivity index (χ3v) is 2.60. The topological polar surface area (TPSA) is 66.8 Å². The minimum Gasteiger partial charge on any atom is -0.497 e. The van der Waals surface area contributed by atoms with E-state index >= 15 is 0 Å². The van der Waals surface area contributed by atoms with E-state index in [1.54, 1.807) is 12.1 Å². The largest absolute Gasteiger partial charge is 0.497 e. The average molecular weight is 216 g/mol. The van der Waals surface area contributed by atoms with E-state index in [4.69, 9.17) is 9.29 Å². The van der Waals surface area contributed by atoms with Gasteiger partial charge in [-0.05, 0) is 25.1 Å². The molecule has 5 heteroatoms. The first-order valence-electron chi connectivity index (χ1n) is 4.03. The van der Waals surface area contributed by atoms with Crippen molar-refractivity contribution in [2.75, 3.05) is 7.11 Å². The summed E-state index contributed by atoms with van der Waals surface area (Å²) in [6.07, 6.45) is -0.795. The third kappa shape index (κ3) is 2.31. The van der Waals surface area contributed by atoms with Crippen LogP contribution in [-0.4, -0.2) is 21.0 Å². The molecule has 0 saturated carbocycles. The summed E-state index contributed by atoms with van der Waals surface area (Å²) in [7, 11) is 1.50. The molecule has 2 N–H and O–H groups in total. The van der Waals surface area contributed by atoms with Gasteiger partial charge in [0.15, 0.2) is 11.1 Å². The van der Waals surface area contributed by atoms with E-state index < -0.39 is 17.2 Å². The number of hydrogen-bond donors (Lipinski definition) is 2. The first-order chi connectivity index (χ1) is 6.56. The standard InChI is InChI=1S/C9H12O4S/c1-6(10)8-5-7(13-2)3-4-9(8)14(11)12/h3-6,10H,1-2H3,(H,11,12). The third-order valence-electron chi connectivity index (χ3n) is 1.86. The zero-order valence-corrected chi connectivity index (χ0v) is 8.75.